The second-order valence-electron chi connectivity index (χ2n) is 9.43. The molecule has 0 fully saturated rings. The molecular weight excluding hydrogens is 336 g/mol. The molecule has 0 amide bonds. The number of rotatable bonds is 17. The molecule has 0 saturated heterocycles. The maximum absolute atomic E-state index is 6.18. The van der Waals surface area contributed by atoms with Crippen LogP contribution in [0.3, 0.4) is 0 Å². The highest BCUT2D eigenvalue weighted by molar-refractivity contribution is 6.71. The van der Waals surface area contributed by atoms with Gasteiger partial charge in [0.2, 0.25) is 0 Å². The van der Waals surface area contributed by atoms with Crippen LogP contribution in [0.5, 0.6) is 0 Å². The van der Waals surface area contributed by atoms with Crippen molar-refractivity contribution in [2.24, 2.45) is 11.3 Å². The molecule has 2 atom stereocenters. The quantitative estimate of drug-likeness (QED) is 0.188. The molecule has 26 heavy (non-hydrogen) atoms. The van der Waals surface area contributed by atoms with Crippen LogP contribution < -0.4 is 0 Å². The minimum atomic E-state index is -2.19. The Morgan fingerprint density at radius 3 is 1.85 bits per heavy atom. The molecule has 0 aromatic heterocycles. The van der Waals surface area contributed by atoms with E-state index in [0.717, 1.165) is 19.6 Å². The first-order chi connectivity index (χ1) is 12.2. The molecule has 2 unspecified atom stereocenters. The van der Waals surface area contributed by atoms with Gasteiger partial charge in [-0.05, 0) is 36.4 Å². The Balaban J connectivity index is 3.72. The van der Waals surface area contributed by atoms with Crippen molar-refractivity contribution in [1.82, 2.24) is 0 Å². The van der Waals surface area contributed by atoms with Gasteiger partial charge in [0.1, 0.15) is 0 Å². The molecule has 0 rings (SSSR count). The van der Waals surface area contributed by atoms with Gasteiger partial charge in [-0.25, -0.2) is 0 Å². The van der Waals surface area contributed by atoms with Crippen LogP contribution in [0.15, 0.2) is 12.3 Å². The van der Waals surface area contributed by atoms with Crippen LogP contribution in [0.25, 0.3) is 0 Å². The molecule has 2 nitrogen and oxygen atoms in total. The van der Waals surface area contributed by atoms with Crippen LogP contribution in [0.2, 0.25) is 6.55 Å². The Hall–Kier alpha value is -0.123. The van der Waals surface area contributed by atoms with Crippen molar-refractivity contribution in [2.75, 3.05) is 13.2 Å². The lowest BCUT2D eigenvalue weighted by Crippen LogP contribution is -2.38. The van der Waals surface area contributed by atoms with E-state index in [-0.39, 0.29) is 0 Å². The highest BCUT2D eigenvalue weighted by Crippen LogP contribution is 2.25. The zero-order valence-electron chi connectivity index (χ0n) is 18.9. The van der Waals surface area contributed by atoms with Crippen LogP contribution in [0, 0.1) is 11.3 Å². The molecule has 156 valence electrons. The molecule has 0 aliphatic rings. The predicted octanol–water partition coefficient (Wildman–Crippen LogP) is 7.81. The summed E-state index contributed by atoms with van der Waals surface area (Å²) in [5.41, 5.74) is 2.29. The summed E-state index contributed by atoms with van der Waals surface area (Å²) >= 11 is 0. The van der Waals surface area contributed by atoms with Crippen molar-refractivity contribution in [1.29, 1.82) is 0 Å². The van der Waals surface area contributed by atoms with Gasteiger partial charge in [0, 0.05) is 13.2 Å². The molecule has 3 heteroatoms. The average Bonchev–Trinajstić information content (AvgIpc) is 2.56. The third-order valence-corrected chi connectivity index (χ3v) is 7.13. The molecule has 0 aliphatic carbocycles. The summed E-state index contributed by atoms with van der Waals surface area (Å²) in [6, 6.07) is 0. The maximum atomic E-state index is 6.18. The average molecular weight is 385 g/mol. The molecule has 0 bridgehead atoms. The van der Waals surface area contributed by atoms with Gasteiger partial charge in [-0.3, -0.25) is 0 Å². The molecule has 0 aliphatic heterocycles. The van der Waals surface area contributed by atoms with Gasteiger partial charge in [-0.15, -0.1) is 6.58 Å². The minimum absolute atomic E-state index is 0.353. The molecule has 0 heterocycles. The zero-order valence-corrected chi connectivity index (χ0v) is 19.9. The van der Waals surface area contributed by atoms with Crippen molar-refractivity contribution < 1.29 is 8.85 Å². The van der Waals surface area contributed by atoms with E-state index in [4.69, 9.17) is 8.85 Å². The second-order valence-corrected chi connectivity index (χ2v) is 12.4. The summed E-state index contributed by atoms with van der Waals surface area (Å²) in [5, 5.41) is 0. The van der Waals surface area contributed by atoms with Crippen molar-refractivity contribution in [3.63, 3.8) is 0 Å². The number of hydrogen-bond acceptors (Lipinski definition) is 2. The largest absolute Gasteiger partial charge is 0.391 e. The van der Waals surface area contributed by atoms with Crippen molar-refractivity contribution in [3.8, 4) is 0 Å². The summed E-state index contributed by atoms with van der Waals surface area (Å²) in [6.45, 7) is 19.1. The second kappa shape index (κ2) is 14.9. The van der Waals surface area contributed by atoms with Crippen molar-refractivity contribution in [3.05, 3.63) is 12.3 Å². The van der Waals surface area contributed by atoms with Crippen molar-refractivity contribution >= 4 is 8.56 Å². The summed E-state index contributed by atoms with van der Waals surface area (Å²) in [5.74, 6) is 0.558. The maximum Gasteiger partial charge on any atom is 0.361 e. The van der Waals surface area contributed by atoms with Gasteiger partial charge < -0.3 is 8.85 Å². The van der Waals surface area contributed by atoms with Crippen LogP contribution in [-0.4, -0.2) is 21.8 Å². The third kappa shape index (κ3) is 16.1. The van der Waals surface area contributed by atoms with Gasteiger partial charge >= 0.3 is 8.56 Å². The van der Waals surface area contributed by atoms with Crippen LogP contribution in [0.4, 0.5) is 0 Å². The fourth-order valence-electron chi connectivity index (χ4n) is 3.44. The lowest BCUT2D eigenvalue weighted by atomic mass is 9.86. The Morgan fingerprint density at radius 1 is 0.885 bits per heavy atom. The van der Waals surface area contributed by atoms with Crippen molar-refractivity contribution in [2.45, 2.75) is 112 Å². The zero-order chi connectivity index (χ0) is 19.9. The van der Waals surface area contributed by atoms with E-state index < -0.39 is 8.56 Å². The Bertz CT molecular complexity index is 338. The first-order valence-electron chi connectivity index (χ1n) is 11.1. The van der Waals surface area contributed by atoms with E-state index >= 15 is 0 Å². The fourth-order valence-corrected chi connectivity index (χ4v) is 4.92. The molecule has 0 radical (unpaired) electrons. The van der Waals surface area contributed by atoms with Crippen LogP contribution in [-0.2, 0) is 8.85 Å². The van der Waals surface area contributed by atoms with Crippen LogP contribution >= 0.6 is 0 Å². The minimum Gasteiger partial charge on any atom is -0.391 e. The van der Waals surface area contributed by atoms with E-state index in [1.165, 1.54) is 64.2 Å². The standard InChI is InChI=1S/C23H48O2Si/c1-8-10-11-12-13-14-15-16-17-18-19-24-26(7,9-2)25-21-22(3)20-23(4,5)6/h9,22H,2,8,10-21H2,1,3-7H3. The smallest absolute Gasteiger partial charge is 0.361 e. The molecule has 0 saturated carbocycles. The lowest BCUT2D eigenvalue weighted by molar-refractivity contribution is 0.143. The van der Waals surface area contributed by atoms with Crippen LogP contribution in [0.1, 0.15) is 105 Å². The highest BCUT2D eigenvalue weighted by atomic mass is 28.4. The third-order valence-electron chi connectivity index (χ3n) is 4.87. The summed E-state index contributed by atoms with van der Waals surface area (Å²) in [7, 11) is -2.19. The van der Waals surface area contributed by atoms with Gasteiger partial charge in [0.25, 0.3) is 0 Å². The van der Waals surface area contributed by atoms with Gasteiger partial charge in [0.05, 0.1) is 0 Å². The Morgan fingerprint density at radius 2 is 1.38 bits per heavy atom. The first kappa shape index (κ1) is 25.9. The Labute approximate surface area is 166 Å². The summed E-state index contributed by atoms with van der Waals surface area (Å²) < 4.78 is 12.3. The predicted molar refractivity (Wildman–Crippen MR) is 119 cm³/mol. The topological polar surface area (TPSA) is 18.5 Å². The van der Waals surface area contributed by atoms with E-state index in [9.17, 15) is 0 Å². The summed E-state index contributed by atoms with van der Waals surface area (Å²) in [6.07, 6.45) is 14.7. The number of hydrogen-bond donors (Lipinski definition) is 0. The van der Waals surface area contributed by atoms with Gasteiger partial charge in [-0.2, -0.15) is 0 Å². The van der Waals surface area contributed by atoms with Gasteiger partial charge in [0.15, 0.2) is 0 Å². The molecule has 0 aromatic rings. The highest BCUT2D eigenvalue weighted by Gasteiger charge is 2.28. The van der Waals surface area contributed by atoms with E-state index in [1.54, 1.807) is 0 Å². The molecule has 0 spiro atoms. The number of unbranched alkanes of at least 4 members (excludes halogenated alkanes) is 9. The van der Waals surface area contributed by atoms with E-state index in [2.05, 4.69) is 47.7 Å². The first-order valence-corrected chi connectivity index (χ1v) is 13.5. The fraction of sp³-hybridized carbons (Fsp3) is 0.913. The molecule has 0 N–H and O–H groups in total. The molecule has 0 aromatic carbocycles. The monoisotopic (exact) mass is 384 g/mol. The SMILES string of the molecule is C=C[Si](C)(OCCCCCCCCCCCC)OCC(C)CC(C)(C)C. The Kier molecular flexibility index (Phi) is 14.8. The van der Waals surface area contributed by atoms with E-state index in [1.807, 2.05) is 5.70 Å². The lowest BCUT2D eigenvalue weighted by Gasteiger charge is -2.28. The van der Waals surface area contributed by atoms with E-state index in [0.29, 0.717) is 11.3 Å². The normalized spacial score (nSPS) is 15.6. The summed E-state index contributed by atoms with van der Waals surface area (Å²) in [4.78, 5) is 0. The molecular formula is C23H48O2Si. The van der Waals surface area contributed by atoms with Gasteiger partial charge in [-0.1, -0.05) is 92.4 Å².